The van der Waals surface area contributed by atoms with Crippen molar-refractivity contribution in [2.75, 3.05) is 0 Å². The van der Waals surface area contributed by atoms with E-state index in [1.54, 1.807) is 61.2 Å². The summed E-state index contributed by atoms with van der Waals surface area (Å²) < 4.78 is 0. The van der Waals surface area contributed by atoms with Crippen LogP contribution < -0.4 is 0 Å². The third kappa shape index (κ3) is 5.66. The van der Waals surface area contributed by atoms with Gasteiger partial charge in [0.25, 0.3) is 0 Å². The standard InChI is InChI=1S/C10H8N2.2C10H6O3/c1-5-11-6-2-9(1)10-3-7-12-8-4-10;2*11-8-5-9(12)10(13)7-4-2-1-3-6(7)8/h1-8H;2*1-5,11H. The molecular weight excluding hydrogens is 484 g/mol. The number of aliphatic hydroxyl groups excluding tert-OH is 2. The Hall–Kier alpha value is -5.50. The van der Waals surface area contributed by atoms with Crippen LogP contribution in [0.3, 0.4) is 0 Å². The molecule has 0 aliphatic heterocycles. The molecule has 0 spiro atoms. The summed E-state index contributed by atoms with van der Waals surface area (Å²) in [5.41, 5.74) is 3.74. The van der Waals surface area contributed by atoms with Crippen molar-refractivity contribution >= 4 is 34.7 Å². The topological polar surface area (TPSA) is 135 Å². The fourth-order valence-corrected chi connectivity index (χ4v) is 3.70. The normalized spacial score (nSPS) is 13.5. The molecule has 0 amide bonds. The minimum atomic E-state index is -0.670. The fraction of sp³-hybridized carbons (Fsp3) is 0. The number of ketones is 4. The number of hydrogen-bond acceptors (Lipinski definition) is 8. The monoisotopic (exact) mass is 504 g/mol. The molecule has 2 N–H and O–H groups in total. The average molecular weight is 504 g/mol. The van der Waals surface area contributed by atoms with Gasteiger partial charge in [0.2, 0.25) is 23.1 Å². The van der Waals surface area contributed by atoms with E-state index in [1.165, 1.54) is 23.3 Å². The van der Waals surface area contributed by atoms with Gasteiger partial charge in [0.1, 0.15) is 11.5 Å². The zero-order valence-electron chi connectivity index (χ0n) is 19.8. The van der Waals surface area contributed by atoms with Crippen molar-refractivity contribution in [2.45, 2.75) is 0 Å². The molecule has 0 fully saturated rings. The van der Waals surface area contributed by atoms with Crippen LogP contribution in [0.2, 0.25) is 0 Å². The lowest BCUT2D eigenvalue weighted by Crippen LogP contribution is -2.18. The van der Waals surface area contributed by atoms with Gasteiger partial charge in [-0.3, -0.25) is 29.1 Å². The first-order valence-electron chi connectivity index (χ1n) is 11.3. The van der Waals surface area contributed by atoms with Gasteiger partial charge in [-0.1, -0.05) is 48.5 Å². The Morgan fingerprint density at radius 1 is 0.447 bits per heavy atom. The first kappa shape index (κ1) is 25.6. The van der Waals surface area contributed by atoms with Gasteiger partial charge in [-0.15, -0.1) is 0 Å². The first-order valence-corrected chi connectivity index (χ1v) is 11.3. The molecule has 38 heavy (non-hydrogen) atoms. The second-order valence-electron chi connectivity index (χ2n) is 8.01. The van der Waals surface area contributed by atoms with Gasteiger partial charge in [0.15, 0.2) is 0 Å². The second kappa shape index (κ2) is 11.5. The number of allylic oxidation sites excluding steroid dienone is 2. The molecular formula is C30H20N2O6. The summed E-state index contributed by atoms with van der Waals surface area (Å²) in [5.74, 6) is -2.74. The van der Waals surface area contributed by atoms with Crippen LogP contribution in [0.1, 0.15) is 31.8 Å². The molecule has 2 aliphatic rings. The van der Waals surface area contributed by atoms with Crippen LogP contribution in [-0.4, -0.2) is 43.3 Å². The minimum Gasteiger partial charge on any atom is -0.507 e. The molecule has 0 unspecified atom stereocenters. The van der Waals surface area contributed by atoms with Gasteiger partial charge in [-0.25, -0.2) is 0 Å². The third-order valence-corrected chi connectivity index (χ3v) is 5.57. The number of aromatic nitrogens is 2. The van der Waals surface area contributed by atoms with Crippen LogP contribution in [0, 0.1) is 0 Å². The number of Topliss-reactive ketones (excluding diaryl/α,β-unsaturated/α-hetero) is 2. The van der Waals surface area contributed by atoms with E-state index in [2.05, 4.69) is 9.97 Å². The molecule has 2 aromatic carbocycles. The Bertz CT molecular complexity index is 1470. The largest absolute Gasteiger partial charge is 0.507 e. The van der Waals surface area contributed by atoms with Crippen molar-refractivity contribution in [1.82, 2.24) is 9.97 Å². The Morgan fingerprint density at radius 2 is 0.763 bits per heavy atom. The lowest BCUT2D eigenvalue weighted by molar-refractivity contribution is -0.111. The molecule has 8 heteroatoms. The number of pyridine rings is 2. The molecule has 0 saturated heterocycles. The Kier molecular flexibility index (Phi) is 7.74. The summed E-state index contributed by atoms with van der Waals surface area (Å²) in [5, 5.41) is 18.7. The van der Waals surface area contributed by atoms with E-state index < -0.39 is 23.1 Å². The maximum Gasteiger partial charge on any atom is 0.233 e. The van der Waals surface area contributed by atoms with E-state index in [0.29, 0.717) is 11.1 Å². The van der Waals surface area contributed by atoms with Crippen molar-refractivity contribution in [3.8, 4) is 11.1 Å². The molecule has 0 atom stereocenters. The van der Waals surface area contributed by atoms with Crippen molar-refractivity contribution in [3.05, 3.63) is 132 Å². The molecule has 0 saturated carbocycles. The Labute approximate surface area is 217 Å². The molecule has 6 rings (SSSR count). The highest BCUT2D eigenvalue weighted by atomic mass is 16.3. The lowest BCUT2D eigenvalue weighted by atomic mass is 9.94. The summed E-state index contributed by atoms with van der Waals surface area (Å²) in [7, 11) is 0. The predicted molar refractivity (Wildman–Crippen MR) is 140 cm³/mol. The zero-order valence-corrected chi connectivity index (χ0v) is 19.8. The summed E-state index contributed by atoms with van der Waals surface area (Å²) in [6.45, 7) is 0. The number of benzene rings is 2. The van der Waals surface area contributed by atoms with Crippen LogP contribution >= 0.6 is 0 Å². The molecule has 8 nitrogen and oxygen atoms in total. The van der Waals surface area contributed by atoms with E-state index in [0.717, 1.165) is 12.2 Å². The highest BCUT2D eigenvalue weighted by Crippen LogP contribution is 2.23. The van der Waals surface area contributed by atoms with Crippen molar-refractivity contribution in [1.29, 1.82) is 0 Å². The highest BCUT2D eigenvalue weighted by molar-refractivity contribution is 6.50. The molecule has 0 bridgehead atoms. The maximum absolute atomic E-state index is 11.3. The average Bonchev–Trinajstić information content (AvgIpc) is 2.96. The van der Waals surface area contributed by atoms with Gasteiger partial charge in [-0.05, 0) is 35.4 Å². The van der Waals surface area contributed by atoms with Crippen LogP contribution in [0.5, 0.6) is 0 Å². The van der Waals surface area contributed by atoms with E-state index in [9.17, 15) is 29.4 Å². The number of hydrogen-bond donors (Lipinski definition) is 2. The number of nitrogens with zero attached hydrogens (tertiary/aromatic N) is 2. The van der Waals surface area contributed by atoms with Gasteiger partial charge >= 0.3 is 0 Å². The Balaban J connectivity index is 0.000000133. The van der Waals surface area contributed by atoms with E-state index in [-0.39, 0.29) is 22.6 Å². The van der Waals surface area contributed by atoms with Crippen LogP contribution in [0.4, 0.5) is 0 Å². The molecule has 2 heterocycles. The summed E-state index contributed by atoms with van der Waals surface area (Å²) >= 11 is 0. The van der Waals surface area contributed by atoms with E-state index in [1.807, 2.05) is 24.3 Å². The molecule has 4 aromatic rings. The van der Waals surface area contributed by atoms with Gasteiger partial charge in [-0.2, -0.15) is 0 Å². The Morgan fingerprint density at radius 3 is 1.11 bits per heavy atom. The van der Waals surface area contributed by atoms with Crippen LogP contribution in [0.25, 0.3) is 22.6 Å². The molecule has 2 aromatic heterocycles. The lowest BCUT2D eigenvalue weighted by Gasteiger charge is -2.10. The highest BCUT2D eigenvalue weighted by Gasteiger charge is 2.25. The van der Waals surface area contributed by atoms with Crippen molar-refractivity contribution < 1.29 is 29.4 Å². The number of fused-ring (bicyclic) bond motifs is 2. The number of aliphatic hydroxyl groups is 2. The zero-order chi connectivity index (χ0) is 27.1. The first-order chi connectivity index (χ1) is 18.4. The molecule has 2 aliphatic carbocycles. The fourth-order valence-electron chi connectivity index (χ4n) is 3.70. The van der Waals surface area contributed by atoms with Gasteiger partial charge in [0, 0.05) is 59.2 Å². The number of carbonyl (C=O) groups is 4. The van der Waals surface area contributed by atoms with Crippen LogP contribution in [0.15, 0.2) is 110 Å². The van der Waals surface area contributed by atoms with Crippen molar-refractivity contribution in [3.63, 3.8) is 0 Å². The summed E-state index contributed by atoms with van der Waals surface area (Å²) in [6, 6.07) is 20.9. The van der Waals surface area contributed by atoms with Crippen LogP contribution in [-0.2, 0) is 9.59 Å². The number of rotatable bonds is 1. The third-order valence-electron chi connectivity index (χ3n) is 5.57. The second-order valence-corrected chi connectivity index (χ2v) is 8.01. The summed E-state index contributed by atoms with van der Waals surface area (Å²) in [4.78, 5) is 52.4. The smallest absolute Gasteiger partial charge is 0.233 e. The van der Waals surface area contributed by atoms with E-state index in [4.69, 9.17) is 0 Å². The van der Waals surface area contributed by atoms with Gasteiger partial charge < -0.3 is 10.2 Å². The number of carbonyl (C=O) groups excluding carboxylic acids is 4. The predicted octanol–water partition coefficient (Wildman–Crippen LogP) is 4.85. The maximum atomic E-state index is 11.3. The molecule has 0 radical (unpaired) electrons. The van der Waals surface area contributed by atoms with Gasteiger partial charge in [0.05, 0.1) is 0 Å². The van der Waals surface area contributed by atoms with E-state index >= 15 is 0 Å². The molecule has 186 valence electrons. The minimum absolute atomic E-state index is 0.139. The summed E-state index contributed by atoms with van der Waals surface area (Å²) in [6.07, 6.45) is 9.05. The quantitative estimate of drug-likeness (QED) is 0.352. The SMILES string of the molecule is O=C1C=C(O)c2ccccc2C1=O.O=C1C=C(O)c2ccccc2C1=O.c1cc(-c2ccncc2)ccn1. The van der Waals surface area contributed by atoms with Crippen molar-refractivity contribution in [2.24, 2.45) is 0 Å².